The Morgan fingerprint density at radius 3 is 2.38 bits per heavy atom. The third kappa shape index (κ3) is 8.30. The minimum Gasteiger partial charge on any atom is -0.385 e. The van der Waals surface area contributed by atoms with Gasteiger partial charge < -0.3 is 20.3 Å². The Bertz CT molecular complexity index is 463. The molecule has 1 atom stereocenters. The molecule has 24 heavy (non-hydrogen) atoms. The van der Waals surface area contributed by atoms with Crippen LogP contribution in [-0.4, -0.2) is 58.8 Å². The molecule has 0 saturated heterocycles. The summed E-state index contributed by atoms with van der Waals surface area (Å²) < 4.78 is 5.06. The Hall–Kier alpha value is -0.860. The fourth-order valence-corrected chi connectivity index (χ4v) is 2.41. The molecule has 0 saturated carbocycles. The van der Waals surface area contributed by atoms with E-state index in [2.05, 4.69) is 65.8 Å². The lowest BCUT2D eigenvalue weighted by Gasteiger charge is -2.26. The Balaban J connectivity index is 0.00000529. The highest BCUT2D eigenvalue weighted by Crippen LogP contribution is 2.18. The Labute approximate surface area is 164 Å². The van der Waals surface area contributed by atoms with Gasteiger partial charge in [0.1, 0.15) is 0 Å². The number of halogens is 1. The molecule has 1 aromatic rings. The van der Waals surface area contributed by atoms with Crippen LogP contribution in [0, 0.1) is 0 Å². The molecule has 1 aromatic carbocycles. The van der Waals surface area contributed by atoms with Gasteiger partial charge in [0.05, 0.1) is 6.04 Å². The summed E-state index contributed by atoms with van der Waals surface area (Å²) >= 11 is 0. The Morgan fingerprint density at radius 1 is 1.21 bits per heavy atom. The van der Waals surface area contributed by atoms with Crippen LogP contribution in [-0.2, 0) is 11.2 Å². The SMILES string of the molecule is CCc1ccc(C(CNC(=NC)NCCCOC)N(C)C)cc1.I. The van der Waals surface area contributed by atoms with Gasteiger partial charge in [0.25, 0.3) is 0 Å². The van der Waals surface area contributed by atoms with Gasteiger partial charge in [0.2, 0.25) is 0 Å². The van der Waals surface area contributed by atoms with E-state index in [-0.39, 0.29) is 24.0 Å². The normalized spacial score (nSPS) is 12.7. The molecule has 5 nitrogen and oxygen atoms in total. The largest absolute Gasteiger partial charge is 0.385 e. The van der Waals surface area contributed by atoms with Crippen molar-refractivity contribution in [3.63, 3.8) is 0 Å². The lowest BCUT2D eigenvalue weighted by molar-refractivity contribution is 0.195. The van der Waals surface area contributed by atoms with Gasteiger partial charge in [-0.1, -0.05) is 31.2 Å². The molecule has 2 N–H and O–H groups in total. The van der Waals surface area contributed by atoms with Crippen LogP contribution < -0.4 is 10.6 Å². The van der Waals surface area contributed by atoms with Crippen molar-refractivity contribution < 1.29 is 4.74 Å². The zero-order valence-electron chi connectivity index (χ0n) is 15.6. The molecule has 1 rings (SSSR count). The monoisotopic (exact) mass is 448 g/mol. The highest BCUT2D eigenvalue weighted by atomic mass is 127. The number of benzene rings is 1. The van der Waals surface area contributed by atoms with Gasteiger partial charge in [0, 0.05) is 33.9 Å². The van der Waals surface area contributed by atoms with Crippen molar-refractivity contribution in [2.75, 3.05) is 47.9 Å². The van der Waals surface area contributed by atoms with Crippen LogP contribution in [0.3, 0.4) is 0 Å². The Morgan fingerprint density at radius 2 is 1.88 bits per heavy atom. The predicted molar refractivity (Wildman–Crippen MR) is 114 cm³/mol. The molecular weight excluding hydrogens is 415 g/mol. The highest BCUT2D eigenvalue weighted by Gasteiger charge is 2.14. The molecule has 0 fully saturated rings. The maximum atomic E-state index is 5.06. The fraction of sp³-hybridized carbons (Fsp3) is 0.611. The Kier molecular flexibility index (Phi) is 13.0. The number of likely N-dealkylation sites (N-methyl/N-ethyl adjacent to an activating group) is 1. The third-order valence-corrected chi connectivity index (χ3v) is 3.90. The number of nitrogens with one attached hydrogen (secondary N) is 2. The number of guanidine groups is 1. The number of methoxy groups -OCH3 is 1. The zero-order chi connectivity index (χ0) is 17.1. The van der Waals surface area contributed by atoms with Crippen LogP contribution in [0.25, 0.3) is 0 Å². The molecule has 0 aliphatic heterocycles. The maximum absolute atomic E-state index is 5.06. The lowest BCUT2D eigenvalue weighted by atomic mass is 10.0. The summed E-state index contributed by atoms with van der Waals surface area (Å²) in [6.07, 6.45) is 2.04. The van der Waals surface area contributed by atoms with Crippen molar-refractivity contribution in [2.24, 2.45) is 4.99 Å². The second-order valence-electron chi connectivity index (χ2n) is 5.80. The highest BCUT2D eigenvalue weighted by molar-refractivity contribution is 14.0. The standard InChI is InChI=1S/C18H32N4O.HI/c1-6-15-8-10-16(11-9-15)17(22(3)4)14-21-18(19-2)20-12-7-13-23-5;/h8-11,17H,6-7,12-14H2,1-5H3,(H2,19,20,21);1H. The van der Waals surface area contributed by atoms with E-state index in [0.29, 0.717) is 6.04 Å². The summed E-state index contributed by atoms with van der Waals surface area (Å²) in [4.78, 5) is 6.50. The molecule has 6 heteroatoms. The molecule has 0 aliphatic carbocycles. The molecule has 1 unspecified atom stereocenters. The first kappa shape index (κ1) is 23.1. The number of hydrogen-bond donors (Lipinski definition) is 2. The predicted octanol–water partition coefficient (Wildman–Crippen LogP) is 2.67. The van der Waals surface area contributed by atoms with Crippen molar-refractivity contribution in [3.05, 3.63) is 35.4 Å². The van der Waals surface area contributed by atoms with E-state index in [1.807, 2.05) is 0 Å². The van der Waals surface area contributed by atoms with E-state index < -0.39 is 0 Å². The third-order valence-electron chi connectivity index (χ3n) is 3.90. The van der Waals surface area contributed by atoms with E-state index in [1.165, 1.54) is 11.1 Å². The number of rotatable bonds is 9. The first-order chi connectivity index (χ1) is 11.1. The van der Waals surface area contributed by atoms with Gasteiger partial charge >= 0.3 is 0 Å². The van der Waals surface area contributed by atoms with E-state index in [0.717, 1.165) is 38.5 Å². The summed E-state index contributed by atoms with van der Waals surface area (Å²) in [5, 5.41) is 6.72. The van der Waals surface area contributed by atoms with Crippen LogP contribution in [0.2, 0.25) is 0 Å². The average Bonchev–Trinajstić information content (AvgIpc) is 2.57. The first-order valence-corrected chi connectivity index (χ1v) is 8.31. The topological polar surface area (TPSA) is 48.9 Å². The molecule has 0 amide bonds. The quantitative estimate of drug-likeness (QED) is 0.264. The van der Waals surface area contributed by atoms with Gasteiger partial charge in [-0.3, -0.25) is 4.99 Å². The van der Waals surface area contributed by atoms with Crippen molar-refractivity contribution in [2.45, 2.75) is 25.8 Å². The summed E-state index contributed by atoms with van der Waals surface area (Å²) in [7, 11) is 7.73. The molecular formula is C18H33IN4O. The molecule has 0 aromatic heterocycles. The minimum atomic E-state index is 0. The van der Waals surface area contributed by atoms with Crippen molar-refractivity contribution in [3.8, 4) is 0 Å². The van der Waals surface area contributed by atoms with Gasteiger partial charge in [-0.05, 0) is 38.1 Å². The lowest BCUT2D eigenvalue weighted by Crippen LogP contribution is -2.42. The summed E-state index contributed by atoms with van der Waals surface area (Å²) in [6, 6.07) is 9.17. The molecule has 0 heterocycles. The van der Waals surface area contributed by atoms with Crippen molar-refractivity contribution >= 4 is 29.9 Å². The summed E-state index contributed by atoms with van der Waals surface area (Å²) in [5.74, 6) is 0.832. The van der Waals surface area contributed by atoms with E-state index in [4.69, 9.17) is 4.74 Å². The second-order valence-corrected chi connectivity index (χ2v) is 5.80. The smallest absolute Gasteiger partial charge is 0.191 e. The maximum Gasteiger partial charge on any atom is 0.191 e. The number of aliphatic imine (C=N–C) groups is 1. The van der Waals surface area contributed by atoms with Gasteiger partial charge in [-0.25, -0.2) is 0 Å². The van der Waals surface area contributed by atoms with Gasteiger partial charge in [0.15, 0.2) is 5.96 Å². The van der Waals surface area contributed by atoms with Crippen molar-refractivity contribution in [1.82, 2.24) is 15.5 Å². The molecule has 138 valence electrons. The molecule has 0 aliphatic rings. The van der Waals surface area contributed by atoms with Crippen LogP contribution in [0.1, 0.15) is 30.5 Å². The average molecular weight is 448 g/mol. The summed E-state index contributed by atoms with van der Waals surface area (Å²) in [5.41, 5.74) is 2.68. The molecule has 0 bridgehead atoms. The summed E-state index contributed by atoms with van der Waals surface area (Å²) in [6.45, 7) is 4.60. The van der Waals surface area contributed by atoms with Crippen molar-refractivity contribution in [1.29, 1.82) is 0 Å². The first-order valence-electron chi connectivity index (χ1n) is 8.31. The number of aryl methyl sites for hydroxylation is 1. The van der Waals surface area contributed by atoms with E-state index in [9.17, 15) is 0 Å². The molecule has 0 radical (unpaired) electrons. The molecule has 0 spiro atoms. The second kappa shape index (κ2) is 13.4. The van der Waals surface area contributed by atoms with Crippen LogP contribution in [0.4, 0.5) is 0 Å². The van der Waals surface area contributed by atoms with Crippen LogP contribution in [0.15, 0.2) is 29.3 Å². The van der Waals surface area contributed by atoms with Crippen LogP contribution in [0.5, 0.6) is 0 Å². The fourth-order valence-electron chi connectivity index (χ4n) is 2.41. The number of hydrogen-bond acceptors (Lipinski definition) is 3. The van der Waals surface area contributed by atoms with Crippen LogP contribution >= 0.6 is 24.0 Å². The van der Waals surface area contributed by atoms with E-state index >= 15 is 0 Å². The number of nitrogens with zero attached hydrogens (tertiary/aromatic N) is 2. The zero-order valence-corrected chi connectivity index (χ0v) is 18.0. The number of ether oxygens (including phenoxy) is 1. The minimum absolute atomic E-state index is 0. The van der Waals surface area contributed by atoms with Gasteiger partial charge in [-0.15, -0.1) is 24.0 Å². The van der Waals surface area contributed by atoms with Gasteiger partial charge in [-0.2, -0.15) is 0 Å². The van der Waals surface area contributed by atoms with E-state index in [1.54, 1.807) is 14.2 Å².